The number of nitrogens with zero attached hydrogens (tertiary/aromatic N) is 1. The fraction of sp³-hybridized carbons (Fsp3) is 1.00. The molecule has 3 aliphatic rings. The fourth-order valence-corrected chi connectivity index (χ4v) is 4.08. The Kier molecular flexibility index (Phi) is 2.74. The summed E-state index contributed by atoms with van der Waals surface area (Å²) in [6.45, 7) is 1.83. The molecule has 2 heterocycles. The summed E-state index contributed by atoms with van der Waals surface area (Å²) in [6, 6.07) is 0.730. The SMILES string of the molecule is SN1C2CCCCCC2CCC12COC2. The van der Waals surface area contributed by atoms with E-state index in [1.807, 2.05) is 0 Å². The van der Waals surface area contributed by atoms with Gasteiger partial charge in [0.05, 0.1) is 18.8 Å². The molecule has 3 rings (SSSR count). The van der Waals surface area contributed by atoms with Crippen molar-refractivity contribution in [2.75, 3.05) is 13.2 Å². The fourth-order valence-electron chi connectivity index (χ4n) is 3.56. The van der Waals surface area contributed by atoms with Crippen molar-refractivity contribution >= 4 is 12.8 Å². The lowest BCUT2D eigenvalue weighted by molar-refractivity contribution is -0.144. The van der Waals surface area contributed by atoms with Gasteiger partial charge in [-0.2, -0.15) is 0 Å². The van der Waals surface area contributed by atoms with Crippen LogP contribution < -0.4 is 0 Å². The summed E-state index contributed by atoms with van der Waals surface area (Å²) in [4.78, 5) is 0. The van der Waals surface area contributed by atoms with Crippen LogP contribution in [0.1, 0.15) is 44.9 Å². The Labute approximate surface area is 97.9 Å². The summed E-state index contributed by atoms with van der Waals surface area (Å²) in [6.07, 6.45) is 9.76. The van der Waals surface area contributed by atoms with Crippen LogP contribution in [-0.4, -0.2) is 29.1 Å². The maximum Gasteiger partial charge on any atom is 0.0780 e. The molecule has 0 aromatic heterocycles. The van der Waals surface area contributed by atoms with Crippen molar-refractivity contribution in [3.63, 3.8) is 0 Å². The van der Waals surface area contributed by atoms with Gasteiger partial charge in [0.15, 0.2) is 0 Å². The average molecular weight is 227 g/mol. The molecule has 2 atom stereocenters. The standard InChI is InChI=1S/C12H21NOS/c15-13-11-5-3-1-2-4-10(11)6-7-12(13)8-14-9-12/h10-11,15H,1-9H2. The van der Waals surface area contributed by atoms with Gasteiger partial charge in [-0.1, -0.05) is 32.1 Å². The molecule has 0 bridgehead atoms. The third kappa shape index (κ3) is 1.63. The Morgan fingerprint density at radius 1 is 1.07 bits per heavy atom. The molecule has 3 heteroatoms. The van der Waals surface area contributed by atoms with Gasteiger partial charge in [0.25, 0.3) is 0 Å². The molecule has 0 N–H and O–H groups in total. The lowest BCUT2D eigenvalue weighted by Crippen LogP contribution is -2.65. The van der Waals surface area contributed by atoms with Crippen molar-refractivity contribution in [2.24, 2.45) is 5.92 Å². The van der Waals surface area contributed by atoms with E-state index in [4.69, 9.17) is 17.6 Å². The highest BCUT2D eigenvalue weighted by molar-refractivity contribution is 7.77. The second-order valence-electron chi connectivity index (χ2n) is 5.57. The average Bonchev–Trinajstić information content (AvgIpc) is 2.41. The predicted octanol–water partition coefficient (Wildman–Crippen LogP) is 2.64. The normalized spacial score (nSPS) is 40.6. The van der Waals surface area contributed by atoms with Crippen LogP contribution in [0.2, 0.25) is 0 Å². The third-order valence-electron chi connectivity index (χ3n) is 4.64. The molecule has 2 aliphatic heterocycles. The Balaban J connectivity index is 1.77. The molecule has 0 amide bonds. The van der Waals surface area contributed by atoms with E-state index < -0.39 is 0 Å². The topological polar surface area (TPSA) is 12.5 Å². The molecule has 2 saturated heterocycles. The number of rotatable bonds is 0. The van der Waals surface area contributed by atoms with Gasteiger partial charge in [0.2, 0.25) is 0 Å². The molecule has 1 saturated carbocycles. The van der Waals surface area contributed by atoms with Gasteiger partial charge in [-0.25, -0.2) is 4.31 Å². The summed E-state index contributed by atoms with van der Waals surface area (Å²) in [5, 5.41) is 0. The van der Waals surface area contributed by atoms with E-state index in [1.165, 1.54) is 44.9 Å². The molecule has 0 aromatic carbocycles. The highest BCUT2D eigenvalue weighted by atomic mass is 32.1. The molecular formula is C12H21NOS. The zero-order valence-corrected chi connectivity index (χ0v) is 10.2. The zero-order valence-electron chi connectivity index (χ0n) is 9.32. The summed E-state index contributed by atoms with van der Waals surface area (Å²) in [7, 11) is 0. The van der Waals surface area contributed by atoms with Crippen LogP contribution in [0.15, 0.2) is 0 Å². The molecule has 0 aromatic rings. The minimum atomic E-state index is 0.314. The van der Waals surface area contributed by atoms with Crippen LogP contribution in [-0.2, 0) is 4.74 Å². The molecule has 3 fully saturated rings. The monoisotopic (exact) mass is 227 g/mol. The number of ether oxygens (including phenoxy) is 1. The molecule has 1 aliphatic carbocycles. The van der Waals surface area contributed by atoms with Crippen molar-refractivity contribution < 1.29 is 4.74 Å². The first kappa shape index (κ1) is 10.4. The molecule has 86 valence electrons. The highest BCUT2D eigenvalue weighted by Crippen LogP contribution is 2.45. The van der Waals surface area contributed by atoms with Crippen molar-refractivity contribution in [1.29, 1.82) is 0 Å². The number of thiol groups is 1. The first-order valence-corrected chi connectivity index (χ1v) is 6.78. The van der Waals surface area contributed by atoms with Gasteiger partial charge < -0.3 is 4.74 Å². The Morgan fingerprint density at radius 3 is 2.60 bits per heavy atom. The van der Waals surface area contributed by atoms with E-state index in [1.54, 1.807) is 0 Å². The largest absolute Gasteiger partial charge is 0.377 e. The minimum absolute atomic E-state index is 0.314. The van der Waals surface area contributed by atoms with Crippen molar-refractivity contribution in [1.82, 2.24) is 4.31 Å². The molecule has 1 spiro atoms. The number of piperidine rings is 1. The van der Waals surface area contributed by atoms with Crippen LogP contribution in [0.5, 0.6) is 0 Å². The lowest BCUT2D eigenvalue weighted by atomic mass is 9.77. The highest BCUT2D eigenvalue weighted by Gasteiger charge is 2.50. The van der Waals surface area contributed by atoms with E-state index in [0.717, 1.165) is 25.2 Å². The summed E-state index contributed by atoms with van der Waals surface area (Å²) in [5.41, 5.74) is 0.314. The Bertz CT molecular complexity index is 242. The Hall–Kier alpha value is 0.270. The van der Waals surface area contributed by atoms with Gasteiger partial charge in [-0.3, -0.25) is 0 Å². The summed E-state index contributed by atoms with van der Waals surface area (Å²) >= 11 is 4.80. The first-order chi connectivity index (χ1) is 7.32. The smallest absolute Gasteiger partial charge is 0.0780 e. The second kappa shape index (κ2) is 3.94. The van der Waals surface area contributed by atoms with Gasteiger partial charge >= 0.3 is 0 Å². The van der Waals surface area contributed by atoms with Crippen molar-refractivity contribution in [3.8, 4) is 0 Å². The zero-order chi connectivity index (χ0) is 10.3. The molecule has 15 heavy (non-hydrogen) atoms. The number of hydrogen-bond donors (Lipinski definition) is 1. The van der Waals surface area contributed by atoms with Crippen LogP contribution >= 0.6 is 12.8 Å². The summed E-state index contributed by atoms with van der Waals surface area (Å²) < 4.78 is 7.79. The summed E-state index contributed by atoms with van der Waals surface area (Å²) in [5.74, 6) is 0.913. The van der Waals surface area contributed by atoms with Gasteiger partial charge in [-0.15, -0.1) is 0 Å². The maximum absolute atomic E-state index is 5.41. The number of fused-ring (bicyclic) bond motifs is 1. The predicted molar refractivity (Wildman–Crippen MR) is 64.0 cm³/mol. The molecular weight excluding hydrogens is 206 g/mol. The van der Waals surface area contributed by atoms with Gasteiger partial charge in [-0.05, 0) is 31.6 Å². The lowest BCUT2D eigenvalue weighted by Gasteiger charge is -2.55. The van der Waals surface area contributed by atoms with E-state index >= 15 is 0 Å². The minimum Gasteiger partial charge on any atom is -0.377 e. The van der Waals surface area contributed by atoms with Crippen molar-refractivity contribution in [3.05, 3.63) is 0 Å². The van der Waals surface area contributed by atoms with E-state index in [9.17, 15) is 0 Å². The Morgan fingerprint density at radius 2 is 1.87 bits per heavy atom. The van der Waals surface area contributed by atoms with Crippen LogP contribution in [0.3, 0.4) is 0 Å². The molecule has 2 unspecified atom stereocenters. The number of hydrogen-bond acceptors (Lipinski definition) is 3. The van der Waals surface area contributed by atoms with E-state index in [0.29, 0.717) is 5.54 Å². The molecule has 2 nitrogen and oxygen atoms in total. The van der Waals surface area contributed by atoms with E-state index in [2.05, 4.69) is 4.31 Å². The van der Waals surface area contributed by atoms with Gasteiger partial charge in [0.1, 0.15) is 0 Å². The van der Waals surface area contributed by atoms with Crippen LogP contribution in [0.25, 0.3) is 0 Å². The second-order valence-corrected chi connectivity index (χ2v) is 6.00. The van der Waals surface area contributed by atoms with Crippen LogP contribution in [0.4, 0.5) is 0 Å². The van der Waals surface area contributed by atoms with Crippen LogP contribution in [0, 0.1) is 5.92 Å². The quantitative estimate of drug-likeness (QED) is 0.639. The van der Waals surface area contributed by atoms with E-state index in [-0.39, 0.29) is 0 Å². The van der Waals surface area contributed by atoms with Crippen molar-refractivity contribution in [2.45, 2.75) is 56.5 Å². The first-order valence-electron chi connectivity index (χ1n) is 6.38. The molecule has 0 radical (unpaired) electrons. The maximum atomic E-state index is 5.41. The van der Waals surface area contributed by atoms with Gasteiger partial charge in [0, 0.05) is 6.04 Å². The third-order valence-corrected chi connectivity index (χ3v) is 5.36.